The fourth-order valence-electron chi connectivity index (χ4n) is 22.7. The summed E-state index contributed by atoms with van der Waals surface area (Å²) < 4.78 is 21.2. The fourth-order valence-corrected chi connectivity index (χ4v) is 22.7. The Balaban J connectivity index is 0.739. The lowest BCUT2D eigenvalue weighted by molar-refractivity contribution is 0.657. The van der Waals surface area contributed by atoms with Crippen molar-refractivity contribution in [2.24, 2.45) is 0 Å². The summed E-state index contributed by atoms with van der Waals surface area (Å²) in [5, 5.41) is 6.84. The quantitative estimate of drug-likeness (QED) is 0.166. The van der Waals surface area contributed by atoms with Crippen LogP contribution in [0.2, 0.25) is 0 Å². The van der Waals surface area contributed by atoms with Crippen LogP contribution in [-0.4, -0.2) is 0 Å². The highest BCUT2D eigenvalue weighted by Crippen LogP contribution is 2.70. The topological polar surface area (TPSA) is 42.7 Å². The van der Waals surface area contributed by atoms with Crippen molar-refractivity contribution in [1.82, 2.24) is 0 Å². The van der Waals surface area contributed by atoms with Crippen molar-refractivity contribution in [2.75, 3.05) is 4.90 Å². The summed E-state index contributed by atoms with van der Waals surface area (Å²) in [6.07, 6.45) is 0. The molecule has 3 aromatic heterocycles. The maximum atomic E-state index is 7.21. The van der Waals surface area contributed by atoms with Crippen LogP contribution in [0.1, 0.15) is 94.5 Å². The van der Waals surface area contributed by atoms with E-state index in [0.717, 1.165) is 105 Å². The lowest BCUT2D eigenvalue weighted by Gasteiger charge is -2.33. The van der Waals surface area contributed by atoms with Gasteiger partial charge in [0.05, 0.1) is 10.8 Å². The molecule has 6 aliphatic carbocycles. The first-order chi connectivity index (χ1) is 56.1. The molecule has 20 aromatic rings. The van der Waals surface area contributed by atoms with Gasteiger partial charge in [0.1, 0.15) is 33.5 Å². The second-order valence-corrected chi connectivity index (χ2v) is 33.4. The fraction of sp³-hybridized carbons (Fsp3) is 0.0727. The van der Waals surface area contributed by atoms with Gasteiger partial charge in [0.25, 0.3) is 0 Å². The minimum Gasteiger partial charge on any atom is -0.456 e. The second-order valence-electron chi connectivity index (χ2n) is 33.4. The number of benzene rings is 17. The van der Waals surface area contributed by atoms with Gasteiger partial charge < -0.3 is 18.2 Å². The summed E-state index contributed by atoms with van der Waals surface area (Å²) in [5.41, 5.74) is 43.5. The maximum Gasteiger partial charge on any atom is 0.143 e. The van der Waals surface area contributed by atoms with E-state index in [4.69, 9.17) is 13.3 Å². The summed E-state index contributed by atoms with van der Waals surface area (Å²) in [5.74, 6) is 0. The van der Waals surface area contributed by atoms with Crippen molar-refractivity contribution in [1.29, 1.82) is 0 Å². The number of hydrogen-bond donors (Lipinski definition) is 0. The molecule has 0 radical (unpaired) electrons. The summed E-state index contributed by atoms with van der Waals surface area (Å²) >= 11 is 0. The van der Waals surface area contributed by atoms with Crippen LogP contribution in [0.25, 0.3) is 166 Å². The molecular formula is C110H69NO3. The van der Waals surface area contributed by atoms with Crippen molar-refractivity contribution < 1.29 is 13.3 Å². The predicted octanol–water partition coefficient (Wildman–Crippen LogP) is 29.2. The van der Waals surface area contributed by atoms with Crippen molar-refractivity contribution in [3.8, 4) is 100 Å². The largest absolute Gasteiger partial charge is 0.456 e. The molecule has 0 fully saturated rings. The molecule has 0 saturated carbocycles. The maximum absolute atomic E-state index is 7.21. The third-order valence-corrected chi connectivity index (χ3v) is 27.5. The third-order valence-electron chi connectivity index (χ3n) is 27.5. The van der Waals surface area contributed by atoms with Crippen molar-refractivity contribution in [2.45, 2.75) is 49.4 Å². The van der Waals surface area contributed by atoms with Crippen LogP contribution >= 0.6 is 0 Å². The smallest absolute Gasteiger partial charge is 0.143 e. The van der Waals surface area contributed by atoms with E-state index in [0.29, 0.717) is 0 Å². The van der Waals surface area contributed by atoms with E-state index >= 15 is 0 Å². The molecule has 4 nitrogen and oxygen atoms in total. The number of para-hydroxylation sites is 3. The Morgan fingerprint density at radius 1 is 0.202 bits per heavy atom. The average molecular weight is 1450 g/mol. The molecule has 6 aliphatic rings. The van der Waals surface area contributed by atoms with Crippen LogP contribution in [0.3, 0.4) is 0 Å². The number of nitrogens with zero attached hydrogens (tertiary/aromatic N) is 1. The average Bonchev–Trinajstić information content (AvgIpc) is 1.48. The Morgan fingerprint density at radius 2 is 0.553 bits per heavy atom. The molecule has 2 spiro atoms. The molecule has 0 unspecified atom stereocenters. The Kier molecular flexibility index (Phi) is 12.1. The lowest BCUT2D eigenvalue weighted by atomic mass is 9.68. The Morgan fingerprint density at radius 3 is 1.08 bits per heavy atom. The zero-order chi connectivity index (χ0) is 75.0. The molecule has 17 aromatic carbocycles. The second kappa shape index (κ2) is 21.9. The van der Waals surface area contributed by atoms with Gasteiger partial charge in [-0.2, -0.15) is 0 Å². The van der Waals surface area contributed by atoms with Gasteiger partial charge in [-0.05, 0) is 241 Å². The van der Waals surface area contributed by atoms with Gasteiger partial charge in [0.15, 0.2) is 0 Å². The van der Waals surface area contributed by atoms with E-state index in [2.05, 4.69) is 378 Å². The monoisotopic (exact) mass is 1450 g/mol. The van der Waals surface area contributed by atoms with Crippen molar-refractivity contribution in [3.63, 3.8) is 0 Å². The van der Waals surface area contributed by atoms with Crippen LogP contribution in [0, 0.1) is 0 Å². The first kappa shape index (κ1) is 62.7. The van der Waals surface area contributed by atoms with E-state index in [9.17, 15) is 0 Å². The highest BCUT2D eigenvalue weighted by molar-refractivity contribution is 6.22. The van der Waals surface area contributed by atoms with Crippen LogP contribution < -0.4 is 4.90 Å². The third kappa shape index (κ3) is 7.69. The van der Waals surface area contributed by atoms with Crippen molar-refractivity contribution >= 4 is 82.9 Å². The van der Waals surface area contributed by atoms with E-state index in [1.54, 1.807) is 0 Å². The zero-order valence-electron chi connectivity index (χ0n) is 63.1. The van der Waals surface area contributed by atoms with Crippen LogP contribution in [0.5, 0.6) is 0 Å². The molecule has 0 saturated heterocycles. The predicted molar refractivity (Wildman–Crippen MR) is 467 cm³/mol. The van der Waals surface area contributed by atoms with Gasteiger partial charge >= 0.3 is 0 Å². The first-order valence-electron chi connectivity index (χ1n) is 40.0. The van der Waals surface area contributed by atoms with Crippen LogP contribution in [-0.2, 0) is 21.7 Å². The number of fused-ring (bicyclic) bond motifs is 38. The number of hydrogen-bond acceptors (Lipinski definition) is 4. The van der Waals surface area contributed by atoms with E-state index in [1.165, 1.54) is 145 Å². The molecule has 0 aliphatic heterocycles. The molecule has 3 heterocycles. The van der Waals surface area contributed by atoms with Gasteiger partial charge in [-0.1, -0.05) is 289 Å². The van der Waals surface area contributed by atoms with E-state index in [-0.39, 0.29) is 0 Å². The SMILES string of the molecule is CC1(C)c2cc(N(c3ccc4c(c3)C(C)(C)c3cc(-c5ccccc5-c5ccccc5)c5oc6ccccc6c5c3-4)c3ccc4c(c3)C3(c5ccccc5-c5ccccc53)c3cc5c(cc3-4)C3(c4ccccc4-c4ccccc43)c3ccc4oc6ccccc6c4c3-5)ccc2-c2c1cc(-c1ccccc1)c1oc3ccccc3c21. The number of furan rings is 3. The van der Waals surface area contributed by atoms with Gasteiger partial charge in [-0.15, -0.1) is 0 Å². The minimum absolute atomic E-state index is 0.439. The Labute approximate surface area is 658 Å². The normalized spacial score (nSPS) is 14.9. The zero-order valence-corrected chi connectivity index (χ0v) is 63.1. The van der Waals surface area contributed by atoms with Crippen molar-refractivity contribution in [3.05, 3.63) is 413 Å². The van der Waals surface area contributed by atoms with Gasteiger partial charge in [-0.25, -0.2) is 0 Å². The van der Waals surface area contributed by atoms with E-state index in [1.807, 2.05) is 0 Å². The summed E-state index contributed by atoms with van der Waals surface area (Å²) in [6.45, 7) is 9.76. The van der Waals surface area contributed by atoms with Gasteiger partial charge in [0, 0.05) is 71.3 Å². The molecular weight excluding hydrogens is 1380 g/mol. The van der Waals surface area contributed by atoms with Gasteiger partial charge in [-0.3, -0.25) is 0 Å². The molecule has 114 heavy (non-hydrogen) atoms. The molecule has 26 rings (SSSR count). The number of anilines is 3. The highest BCUT2D eigenvalue weighted by atomic mass is 16.3. The first-order valence-corrected chi connectivity index (χ1v) is 40.0. The molecule has 0 amide bonds. The van der Waals surface area contributed by atoms with E-state index < -0.39 is 21.7 Å². The Hall–Kier alpha value is -14.1. The summed E-state index contributed by atoms with van der Waals surface area (Å²) in [4.78, 5) is 2.60. The molecule has 0 atom stereocenters. The lowest BCUT2D eigenvalue weighted by Crippen LogP contribution is -2.27. The summed E-state index contributed by atoms with van der Waals surface area (Å²) in [6, 6.07) is 131. The highest BCUT2D eigenvalue weighted by Gasteiger charge is 2.57. The summed E-state index contributed by atoms with van der Waals surface area (Å²) in [7, 11) is 0. The Bertz CT molecular complexity index is 7650. The number of rotatable bonds is 6. The standard InChI is InChI=1S/C110H69NO3/c1-107(2)88-55-64(48-51-74(88)99-93(107)58-79(63-29-9-6-10-30-63)105-103(99)77-38-18-25-45-96(77)113-105)111(65-49-52-75-89(56-65)108(3,4)94-60-81(68-32-12-11-31-67(68)62-27-7-5-8-28-62)106-104(100(75)94)78-39-19-26-46-97(78)114-106)66-47-50-73-80-59-92-82(61-91(80)110(90(73)57-66)85-42-22-15-35-71(85)72-36-16-23-43-86(72)110)101-87(53-54-98-102(101)76-37-17-24-44-95(76)112-98)109(92)83-40-20-13-33-69(83)70-34-14-21-41-84(70)109/h5-61H,1-4H3. The molecule has 4 heteroatoms. The minimum atomic E-state index is -0.754. The van der Waals surface area contributed by atoms with Crippen LogP contribution in [0.4, 0.5) is 17.1 Å². The van der Waals surface area contributed by atoms with Gasteiger partial charge in [0.2, 0.25) is 0 Å². The molecule has 0 bridgehead atoms. The van der Waals surface area contributed by atoms with Crippen LogP contribution in [0.15, 0.2) is 359 Å². The molecule has 0 N–H and O–H groups in total. The molecule has 532 valence electrons.